The quantitative estimate of drug-likeness (QED) is 0.788. The van der Waals surface area contributed by atoms with Crippen molar-refractivity contribution in [3.8, 4) is 0 Å². The molecule has 0 aliphatic carbocycles. The van der Waals surface area contributed by atoms with Gasteiger partial charge in [-0.05, 0) is 23.9 Å². The van der Waals surface area contributed by atoms with Gasteiger partial charge in [-0.25, -0.2) is 0 Å². The predicted molar refractivity (Wildman–Crippen MR) is 60.0 cm³/mol. The highest BCUT2D eigenvalue weighted by Gasteiger charge is 2.11. The summed E-state index contributed by atoms with van der Waals surface area (Å²) in [5, 5.41) is 8.34. The number of halogens is 1. The van der Waals surface area contributed by atoms with Crippen molar-refractivity contribution in [3.63, 3.8) is 0 Å². The lowest BCUT2D eigenvalue weighted by molar-refractivity contribution is 0.112. The fourth-order valence-corrected chi connectivity index (χ4v) is 2.26. The summed E-state index contributed by atoms with van der Waals surface area (Å²) in [6, 6.07) is 5.20. The Morgan fingerprint density at radius 2 is 2.25 bits per heavy atom. The lowest BCUT2D eigenvalue weighted by atomic mass is 10.2. The first kappa shape index (κ1) is 11.2. The standard InChI is InChI=1S/C10H7ClN2O2S/c1-6-12-13-10(15-6)16-9-4-2-3-8(11)7(9)5-14/h2-5H,1H3. The molecule has 2 aromatic rings. The van der Waals surface area contributed by atoms with Crippen LogP contribution < -0.4 is 0 Å². The molecule has 0 aliphatic rings. The van der Waals surface area contributed by atoms with E-state index in [-0.39, 0.29) is 0 Å². The van der Waals surface area contributed by atoms with E-state index in [2.05, 4.69) is 10.2 Å². The second-order valence-corrected chi connectivity index (χ2v) is 4.36. The third-order valence-corrected chi connectivity index (χ3v) is 3.08. The van der Waals surface area contributed by atoms with E-state index in [0.29, 0.717) is 32.9 Å². The molecule has 0 aliphatic heterocycles. The average Bonchev–Trinajstić information content (AvgIpc) is 2.64. The Balaban J connectivity index is 2.34. The molecule has 4 nitrogen and oxygen atoms in total. The van der Waals surface area contributed by atoms with Crippen molar-refractivity contribution < 1.29 is 9.21 Å². The van der Waals surface area contributed by atoms with Crippen LogP contribution in [0.25, 0.3) is 0 Å². The van der Waals surface area contributed by atoms with E-state index in [9.17, 15) is 4.79 Å². The monoisotopic (exact) mass is 254 g/mol. The molecule has 6 heteroatoms. The number of carbonyl (C=O) groups excluding carboxylic acids is 1. The van der Waals surface area contributed by atoms with Crippen LogP contribution in [0.3, 0.4) is 0 Å². The van der Waals surface area contributed by atoms with E-state index in [1.807, 2.05) is 0 Å². The first-order chi connectivity index (χ1) is 7.70. The van der Waals surface area contributed by atoms with E-state index in [1.165, 1.54) is 11.8 Å². The van der Waals surface area contributed by atoms with Crippen LogP contribution in [0.1, 0.15) is 16.2 Å². The van der Waals surface area contributed by atoms with Crippen LogP contribution in [0.5, 0.6) is 0 Å². The smallest absolute Gasteiger partial charge is 0.281 e. The molecule has 0 bridgehead atoms. The Labute approximate surface area is 101 Å². The van der Waals surface area contributed by atoms with E-state index in [1.54, 1.807) is 25.1 Å². The van der Waals surface area contributed by atoms with Gasteiger partial charge in [0.05, 0.1) is 5.02 Å². The van der Waals surface area contributed by atoms with Gasteiger partial charge >= 0.3 is 0 Å². The fourth-order valence-electron chi connectivity index (χ4n) is 1.13. The highest BCUT2D eigenvalue weighted by molar-refractivity contribution is 7.99. The zero-order valence-corrected chi connectivity index (χ0v) is 9.88. The number of aryl methyl sites for hydroxylation is 1. The third kappa shape index (κ3) is 2.25. The number of aromatic nitrogens is 2. The van der Waals surface area contributed by atoms with Gasteiger partial charge < -0.3 is 4.42 Å². The Morgan fingerprint density at radius 1 is 1.44 bits per heavy atom. The molecule has 0 saturated carbocycles. The molecule has 0 spiro atoms. The minimum absolute atomic E-state index is 0.392. The molecule has 0 unspecified atom stereocenters. The first-order valence-electron chi connectivity index (χ1n) is 4.42. The molecule has 0 fully saturated rings. The van der Waals surface area contributed by atoms with Gasteiger partial charge in [0, 0.05) is 17.4 Å². The van der Waals surface area contributed by atoms with Gasteiger partial charge in [0.15, 0.2) is 6.29 Å². The average molecular weight is 255 g/mol. The Morgan fingerprint density at radius 3 is 2.88 bits per heavy atom. The highest BCUT2D eigenvalue weighted by Crippen LogP contribution is 2.31. The Kier molecular flexibility index (Phi) is 3.26. The summed E-state index contributed by atoms with van der Waals surface area (Å²) in [5.41, 5.74) is 0.435. The number of hydrogen-bond acceptors (Lipinski definition) is 5. The van der Waals surface area contributed by atoms with Crippen LogP contribution >= 0.6 is 23.4 Å². The number of nitrogens with zero attached hydrogens (tertiary/aromatic N) is 2. The topological polar surface area (TPSA) is 56.0 Å². The first-order valence-corrected chi connectivity index (χ1v) is 5.62. The largest absolute Gasteiger partial charge is 0.416 e. The number of carbonyl (C=O) groups is 1. The molecule has 0 N–H and O–H groups in total. The fraction of sp³-hybridized carbons (Fsp3) is 0.100. The van der Waals surface area contributed by atoms with E-state index in [4.69, 9.17) is 16.0 Å². The van der Waals surface area contributed by atoms with E-state index < -0.39 is 0 Å². The van der Waals surface area contributed by atoms with Crippen molar-refractivity contribution in [3.05, 3.63) is 34.7 Å². The van der Waals surface area contributed by atoms with Gasteiger partial charge in [-0.1, -0.05) is 17.7 Å². The van der Waals surface area contributed by atoms with E-state index in [0.717, 1.165) is 0 Å². The van der Waals surface area contributed by atoms with Crippen molar-refractivity contribution in [2.75, 3.05) is 0 Å². The summed E-state index contributed by atoms with van der Waals surface area (Å²) in [6.45, 7) is 1.70. The predicted octanol–water partition coefficient (Wildman–Crippen LogP) is 3.00. The van der Waals surface area contributed by atoms with Crippen molar-refractivity contribution in [2.45, 2.75) is 17.0 Å². The van der Waals surface area contributed by atoms with Crippen molar-refractivity contribution in [2.24, 2.45) is 0 Å². The molecule has 0 atom stereocenters. The maximum atomic E-state index is 10.9. The van der Waals surface area contributed by atoms with Crippen LogP contribution in [0.4, 0.5) is 0 Å². The van der Waals surface area contributed by atoms with Crippen LogP contribution in [0, 0.1) is 6.92 Å². The van der Waals surface area contributed by atoms with Gasteiger partial charge in [0.25, 0.3) is 5.22 Å². The summed E-state index contributed by atoms with van der Waals surface area (Å²) in [6.07, 6.45) is 0.716. The molecule has 1 heterocycles. The van der Waals surface area contributed by atoms with Crippen molar-refractivity contribution in [1.29, 1.82) is 0 Å². The van der Waals surface area contributed by atoms with Gasteiger partial charge in [-0.15, -0.1) is 10.2 Å². The van der Waals surface area contributed by atoms with Gasteiger partial charge in [-0.2, -0.15) is 0 Å². The Hall–Kier alpha value is -1.33. The Bertz CT molecular complexity index is 527. The minimum Gasteiger partial charge on any atom is -0.416 e. The summed E-state index contributed by atoms with van der Waals surface area (Å²) < 4.78 is 5.21. The molecule has 1 aromatic heterocycles. The van der Waals surface area contributed by atoms with Gasteiger partial charge in [-0.3, -0.25) is 4.79 Å². The molecule has 1 aromatic carbocycles. The summed E-state index contributed by atoms with van der Waals surface area (Å²) in [7, 11) is 0. The summed E-state index contributed by atoms with van der Waals surface area (Å²) in [5.74, 6) is 0.484. The van der Waals surface area contributed by atoms with E-state index >= 15 is 0 Å². The van der Waals surface area contributed by atoms with Gasteiger partial charge in [0.2, 0.25) is 5.89 Å². The highest BCUT2D eigenvalue weighted by atomic mass is 35.5. The molecule has 2 rings (SSSR count). The number of rotatable bonds is 3. The SMILES string of the molecule is Cc1nnc(Sc2cccc(Cl)c2C=O)o1. The molecular weight excluding hydrogens is 248 g/mol. The summed E-state index contributed by atoms with van der Waals surface area (Å²) >= 11 is 7.11. The number of aldehydes is 1. The van der Waals surface area contributed by atoms with Crippen LogP contribution in [0.15, 0.2) is 32.7 Å². The lowest BCUT2D eigenvalue weighted by Crippen LogP contribution is -1.86. The second kappa shape index (κ2) is 4.67. The molecular formula is C10H7ClN2O2S. The van der Waals surface area contributed by atoms with Crippen LogP contribution in [0.2, 0.25) is 5.02 Å². The van der Waals surface area contributed by atoms with Crippen molar-refractivity contribution >= 4 is 29.6 Å². The van der Waals surface area contributed by atoms with Crippen molar-refractivity contribution in [1.82, 2.24) is 10.2 Å². The molecule has 0 amide bonds. The number of hydrogen-bond donors (Lipinski definition) is 0. The molecule has 0 radical (unpaired) electrons. The normalized spacial score (nSPS) is 10.4. The van der Waals surface area contributed by atoms with Crippen LogP contribution in [-0.2, 0) is 0 Å². The maximum absolute atomic E-state index is 10.9. The zero-order chi connectivity index (χ0) is 11.5. The van der Waals surface area contributed by atoms with Crippen LogP contribution in [-0.4, -0.2) is 16.5 Å². The lowest BCUT2D eigenvalue weighted by Gasteiger charge is -2.02. The molecule has 82 valence electrons. The maximum Gasteiger partial charge on any atom is 0.281 e. The molecule has 16 heavy (non-hydrogen) atoms. The second-order valence-electron chi connectivity index (χ2n) is 2.96. The third-order valence-electron chi connectivity index (χ3n) is 1.84. The zero-order valence-electron chi connectivity index (χ0n) is 8.31. The minimum atomic E-state index is 0.392. The number of benzene rings is 1. The summed E-state index contributed by atoms with van der Waals surface area (Å²) in [4.78, 5) is 11.6. The molecule has 0 saturated heterocycles. The van der Waals surface area contributed by atoms with Gasteiger partial charge in [0.1, 0.15) is 0 Å².